The SMILES string of the molecule is O=C(CSC(=S)N1CCCC1)N1CCC[C@H]1c1ccc2c(c1)OCCCO2. The van der Waals surface area contributed by atoms with Gasteiger partial charge >= 0.3 is 0 Å². The zero-order chi connectivity index (χ0) is 18.6. The van der Waals surface area contributed by atoms with Crippen LogP contribution in [0.4, 0.5) is 0 Å². The minimum absolute atomic E-state index is 0.121. The number of carbonyl (C=O) groups excluding carboxylic acids is 1. The van der Waals surface area contributed by atoms with E-state index in [1.165, 1.54) is 24.6 Å². The van der Waals surface area contributed by atoms with Crippen LogP contribution >= 0.6 is 24.0 Å². The van der Waals surface area contributed by atoms with Crippen molar-refractivity contribution in [1.82, 2.24) is 9.80 Å². The Kier molecular flexibility index (Phi) is 6.08. The highest BCUT2D eigenvalue weighted by Gasteiger charge is 2.31. The molecule has 0 radical (unpaired) electrons. The van der Waals surface area contributed by atoms with Crippen LogP contribution in [0.5, 0.6) is 11.5 Å². The molecule has 146 valence electrons. The lowest BCUT2D eigenvalue weighted by Gasteiger charge is -2.26. The largest absolute Gasteiger partial charge is 0.490 e. The van der Waals surface area contributed by atoms with Crippen molar-refractivity contribution in [1.29, 1.82) is 0 Å². The fourth-order valence-electron chi connectivity index (χ4n) is 4.00. The van der Waals surface area contributed by atoms with Crippen LogP contribution in [0, 0.1) is 0 Å². The monoisotopic (exact) mass is 406 g/mol. The van der Waals surface area contributed by atoms with Crippen molar-refractivity contribution < 1.29 is 14.3 Å². The highest BCUT2D eigenvalue weighted by Crippen LogP contribution is 2.38. The normalized spacial score (nSPS) is 22.0. The molecule has 0 aromatic heterocycles. The molecule has 0 N–H and O–H groups in total. The van der Waals surface area contributed by atoms with Crippen LogP contribution in [0.25, 0.3) is 0 Å². The third-order valence-corrected chi connectivity index (χ3v) is 6.92. The average Bonchev–Trinajstić information content (AvgIpc) is 3.34. The first-order valence-corrected chi connectivity index (χ1v) is 11.2. The van der Waals surface area contributed by atoms with Crippen LogP contribution in [-0.2, 0) is 4.79 Å². The molecule has 1 amide bonds. The van der Waals surface area contributed by atoms with Gasteiger partial charge in [-0.05, 0) is 43.4 Å². The van der Waals surface area contributed by atoms with Crippen molar-refractivity contribution >= 4 is 34.2 Å². The van der Waals surface area contributed by atoms with Crippen molar-refractivity contribution in [2.75, 3.05) is 38.6 Å². The fourth-order valence-corrected chi connectivity index (χ4v) is 5.13. The van der Waals surface area contributed by atoms with Gasteiger partial charge in [0.15, 0.2) is 11.5 Å². The van der Waals surface area contributed by atoms with Crippen LogP contribution in [0.3, 0.4) is 0 Å². The molecule has 1 atom stereocenters. The Morgan fingerprint density at radius 1 is 1.07 bits per heavy atom. The van der Waals surface area contributed by atoms with Crippen LogP contribution in [0.1, 0.15) is 43.7 Å². The van der Waals surface area contributed by atoms with E-state index in [1.807, 2.05) is 11.0 Å². The highest BCUT2D eigenvalue weighted by molar-refractivity contribution is 8.23. The lowest BCUT2D eigenvalue weighted by Crippen LogP contribution is -2.33. The number of amides is 1. The quantitative estimate of drug-likeness (QED) is 0.714. The third kappa shape index (κ3) is 4.35. The maximum Gasteiger partial charge on any atom is 0.233 e. The predicted molar refractivity (Wildman–Crippen MR) is 112 cm³/mol. The number of thiocarbonyl (C=S) groups is 1. The van der Waals surface area contributed by atoms with E-state index in [1.54, 1.807) is 0 Å². The van der Waals surface area contributed by atoms with Gasteiger partial charge in [-0.25, -0.2) is 0 Å². The number of benzene rings is 1. The Hall–Kier alpha value is -1.47. The lowest BCUT2D eigenvalue weighted by atomic mass is 10.0. The fraction of sp³-hybridized carbons (Fsp3) is 0.600. The molecule has 1 aromatic rings. The van der Waals surface area contributed by atoms with Gasteiger partial charge in [0.1, 0.15) is 4.32 Å². The molecule has 0 aliphatic carbocycles. The van der Waals surface area contributed by atoms with E-state index in [4.69, 9.17) is 21.7 Å². The van der Waals surface area contributed by atoms with E-state index in [0.717, 1.165) is 60.3 Å². The van der Waals surface area contributed by atoms with E-state index in [0.29, 0.717) is 19.0 Å². The van der Waals surface area contributed by atoms with E-state index in [9.17, 15) is 4.79 Å². The molecule has 2 fully saturated rings. The molecule has 27 heavy (non-hydrogen) atoms. The number of fused-ring (bicyclic) bond motifs is 1. The Bertz CT molecular complexity index is 706. The summed E-state index contributed by atoms with van der Waals surface area (Å²) in [7, 11) is 0. The van der Waals surface area contributed by atoms with Crippen LogP contribution in [0.2, 0.25) is 0 Å². The first-order valence-electron chi connectivity index (χ1n) is 9.83. The van der Waals surface area contributed by atoms with Crippen LogP contribution < -0.4 is 9.47 Å². The Balaban J connectivity index is 1.40. The summed E-state index contributed by atoms with van der Waals surface area (Å²) in [5.41, 5.74) is 1.14. The van der Waals surface area contributed by atoms with Crippen molar-refractivity contribution in [3.63, 3.8) is 0 Å². The van der Waals surface area contributed by atoms with Crippen LogP contribution in [0.15, 0.2) is 18.2 Å². The number of hydrogen-bond acceptors (Lipinski definition) is 5. The highest BCUT2D eigenvalue weighted by atomic mass is 32.2. The smallest absolute Gasteiger partial charge is 0.233 e. The number of thioether (sulfide) groups is 1. The average molecular weight is 407 g/mol. The summed E-state index contributed by atoms with van der Waals surface area (Å²) in [5.74, 6) is 2.21. The minimum atomic E-state index is 0.121. The third-order valence-electron chi connectivity index (χ3n) is 5.41. The van der Waals surface area contributed by atoms with E-state index >= 15 is 0 Å². The van der Waals surface area contributed by atoms with Gasteiger partial charge in [-0.3, -0.25) is 4.79 Å². The second-order valence-corrected chi connectivity index (χ2v) is 8.86. The molecule has 0 saturated carbocycles. The molecule has 5 nitrogen and oxygen atoms in total. The second-order valence-electron chi connectivity index (χ2n) is 7.25. The van der Waals surface area contributed by atoms with Gasteiger partial charge in [-0.1, -0.05) is 30.0 Å². The van der Waals surface area contributed by atoms with E-state index in [-0.39, 0.29) is 11.9 Å². The van der Waals surface area contributed by atoms with Crippen molar-refractivity contribution in [2.24, 2.45) is 0 Å². The molecular weight excluding hydrogens is 380 g/mol. The molecule has 3 aliphatic rings. The van der Waals surface area contributed by atoms with E-state index in [2.05, 4.69) is 17.0 Å². The van der Waals surface area contributed by atoms with Gasteiger partial charge in [-0.15, -0.1) is 0 Å². The van der Waals surface area contributed by atoms with Gasteiger partial charge in [-0.2, -0.15) is 0 Å². The number of carbonyl (C=O) groups is 1. The number of ether oxygens (including phenoxy) is 2. The van der Waals surface area contributed by atoms with Crippen molar-refractivity contribution in [2.45, 2.75) is 38.1 Å². The molecule has 2 saturated heterocycles. The van der Waals surface area contributed by atoms with Gasteiger partial charge < -0.3 is 19.3 Å². The molecule has 1 aromatic carbocycles. The summed E-state index contributed by atoms with van der Waals surface area (Å²) in [6.45, 7) is 4.24. The maximum atomic E-state index is 12.9. The molecular formula is C20H26N2O3S2. The summed E-state index contributed by atoms with van der Waals surface area (Å²) in [4.78, 5) is 17.1. The Morgan fingerprint density at radius 2 is 1.85 bits per heavy atom. The van der Waals surface area contributed by atoms with Crippen LogP contribution in [-0.4, -0.2) is 58.6 Å². The first kappa shape index (κ1) is 18.9. The van der Waals surface area contributed by atoms with Gasteiger partial charge in [0.25, 0.3) is 0 Å². The predicted octanol–water partition coefficient (Wildman–Crippen LogP) is 3.63. The Morgan fingerprint density at radius 3 is 2.67 bits per heavy atom. The van der Waals surface area contributed by atoms with Crippen molar-refractivity contribution in [3.8, 4) is 11.5 Å². The summed E-state index contributed by atoms with van der Waals surface area (Å²) >= 11 is 7.01. The topological polar surface area (TPSA) is 42.0 Å². The number of hydrogen-bond donors (Lipinski definition) is 0. The number of likely N-dealkylation sites (tertiary alicyclic amines) is 2. The first-order chi connectivity index (χ1) is 13.2. The maximum absolute atomic E-state index is 12.9. The molecule has 3 aliphatic heterocycles. The molecule has 0 bridgehead atoms. The van der Waals surface area contributed by atoms with Gasteiger partial charge in [0.2, 0.25) is 5.91 Å². The lowest BCUT2D eigenvalue weighted by molar-refractivity contribution is -0.129. The summed E-state index contributed by atoms with van der Waals surface area (Å²) < 4.78 is 12.4. The Labute approximate surface area is 170 Å². The standard InChI is InChI=1S/C20H26N2O3S2/c23-19(14-27-20(26)21-8-1-2-9-21)22-10-3-5-16(22)15-6-7-17-18(13-15)25-12-4-11-24-17/h6-7,13,16H,1-5,8-12,14H2/t16-/m0/s1. The number of nitrogens with zero attached hydrogens (tertiary/aromatic N) is 2. The molecule has 7 heteroatoms. The van der Waals surface area contributed by atoms with Gasteiger partial charge in [0, 0.05) is 26.1 Å². The zero-order valence-electron chi connectivity index (χ0n) is 15.5. The summed E-state index contributed by atoms with van der Waals surface area (Å²) in [6, 6.07) is 6.23. The minimum Gasteiger partial charge on any atom is -0.490 e. The van der Waals surface area contributed by atoms with Crippen molar-refractivity contribution in [3.05, 3.63) is 23.8 Å². The number of rotatable bonds is 3. The molecule has 3 heterocycles. The summed E-state index contributed by atoms with van der Waals surface area (Å²) in [5, 5.41) is 0. The molecule has 4 rings (SSSR count). The molecule has 0 unspecified atom stereocenters. The zero-order valence-corrected chi connectivity index (χ0v) is 17.2. The molecule has 0 spiro atoms. The summed E-state index contributed by atoms with van der Waals surface area (Å²) in [6.07, 6.45) is 5.32. The van der Waals surface area contributed by atoms with Gasteiger partial charge in [0.05, 0.1) is 25.0 Å². The van der Waals surface area contributed by atoms with E-state index < -0.39 is 0 Å². The second kappa shape index (κ2) is 8.69.